The molecule has 1 aromatic carbocycles. The smallest absolute Gasteiger partial charge is 0.404 e. The Labute approximate surface area is 139 Å². The van der Waals surface area contributed by atoms with Gasteiger partial charge >= 0.3 is 6.36 Å². The molecule has 23 heavy (non-hydrogen) atoms. The lowest BCUT2D eigenvalue weighted by Gasteiger charge is -2.36. The van der Waals surface area contributed by atoms with Gasteiger partial charge in [0.2, 0.25) is 0 Å². The number of hydrogen-bond donors (Lipinski definition) is 1. The van der Waals surface area contributed by atoms with Crippen LogP contribution in [0.15, 0.2) is 18.2 Å². The zero-order valence-corrected chi connectivity index (χ0v) is 14.0. The first kappa shape index (κ1) is 18.4. The maximum Gasteiger partial charge on any atom is 0.573 e. The highest BCUT2D eigenvalue weighted by Crippen LogP contribution is 2.35. The van der Waals surface area contributed by atoms with Crippen LogP contribution in [0.4, 0.5) is 13.2 Å². The lowest BCUT2D eigenvalue weighted by molar-refractivity contribution is -0.274. The monoisotopic (exact) mass is 350 g/mol. The third kappa shape index (κ3) is 5.55. The highest BCUT2D eigenvalue weighted by molar-refractivity contribution is 6.32. The predicted octanol–water partition coefficient (Wildman–Crippen LogP) is 4.23. The molecule has 2 rings (SSSR count). The second-order valence-corrected chi connectivity index (χ2v) is 6.58. The summed E-state index contributed by atoms with van der Waals surface area (Å²) in [5.41, 5.74) is 0.931. The first-order valence-corrected chi connectivity index (χ1v) is 8.14. The fraction of sp³-hybridized carbons (Fsp3) is 0.625. The highest BCUT2D eigenvalue weighted by atomic mass is 35.5. The molecule has 0 aliphatic carbocycles. The summed E-state index contributed by atoms with van der Waals surface area (Å²) in [4.78, 5) is 2.35. The molecule has 3 nitrogen and oxygen atoms in total. The third-order valence-electron chi connectivity index (χ3n) is 3.85. The molecule has 1 atom stereocenters. The fourth-order valence-corrected chi connectivity index (χ4v) is 3.10. The van der Waals surface area contributed by atoms with Crippen molar-refractivity contribution in [3.05, 3.63) is 28.8 Å². The van der Waals surface area contributed by atoms with Crippen molar-refractivity contribution in [1.82, 2.24) is 10.2 Å². The van der Waals surface area contributed by atoms with Gasteiger partial charge < -0.3 is 10.1 Å². The third-order valence-corrected chi connectivity index (χ3v) is 4.15. The quantitative estimate of drug-likeness (QED) is 0.860. The lowest BCUT2D eigenvalue weighted by atomic mass is 9.95. The van der Waals surface area contributed by atoms with E-state index in [0.29, 0.717) is 5.92 Å². The summed E-state index contributed by atoms with van der Waals surface area (Å²) in [5.74, 6) is 0.117. The first-order chi connectivity index (χ1) is 10.8. The standard InChI is InChI=1S/C16H22ClF3N2O/c1-11(2)9-14(22-7-5-21-6-8-22)12-3-4-15(13(17)10-12)23-16(18,19)20/h3-4,10-11,14,21H,5-9H2,1-2H3/t14-/m0/s1. The van der Waals surface area contributed by atoms with Gasteiger partial charge in [-0.1, -0.05) is 31.5 Å². The van der Waals surface area contributed by atoms with Crippen molar-refractivity contribution in [3.8, 4) is 5.75 Å². The van der Waals surface area contributed by atoms with Gasteiger partial charge in [0.15, 0.2) is 0 Å². The van der Waals surface area contributed by atoms with Crippen molar-refractivity contribution < 1.29 is 17.9 Å². The van der Waals surface area contributed by atoms with Crippen molar-refractivity contribution in [3.63, 3.8) is 0 Å². The normalized spacial score (nSPS) is 18.2. The second kappa shape index (κ2) is 7.73. The Hall–Kier alpha value is -0.980. The summed E-state index contributed by atoms with van der Waals surface area (Å²) in [6.45, 7) is 7.93. The predicted molar refractivity (Wildman–Crippen MR) is 84.8 cm³/mol. The number of benzene rings is 1. The van der Waals surface area contributed by atoms with Crippen LogP contribution in [0.25, 0.3) is 0 Å². The van der Waals surface area contributed by atoms with Gasteiger partial charge in [-0.05, 0) is 30.0 Å². The molecule has 1 aliphatic rings. The first-order valence-electron chi connectivity index (χ1n) is 7.76. The molecule has 130 valence electrons. The zero-order valence-electron chi connectivity index (χ0n) is 13.3. The van der Waals surface area contributed by atoms with Crippen LogP contribution in [0.5, 0.6) is 5.75 Å². The molecule has 0 spiro atoms. The molecular weight excluding hydrogens is 329 g/mol. The molecular formula is C16H22ClF3N2O. The summed E-state index contributed by atoms with van der Waals surface area (Å²) >= 11 is 6.00. The van der Waals surface area contributed by atoms with E-state index in [9.17, 15) is 13.2 Å². The average Bonchev–Trinajstić information content (AvgIpc) is 2.46. The van der Waals surface area contributed by atoms with Crippen LogP contribution < -0.4 is 10.1 Å². The number of nitrogens with one attached hydrogen (secondary N) is 1. The fourth-order valence-electron chi connectivity index (χ4n) is 2.87. The van der Waals surface area contributed by atoms with Crippen LogP contribution in [-0.4, -0.2) is 37.4 Å². The van der Waals surface area contributed by atoms with Crippen LogP contribution >= 0.6 is 11.6 Å². The largest absolute Gasteiger partial charge is 0.573 e. The molecule has 7 heteroatoms. The number of piperazine rings is 1. The van der Waals surface area contributed by atoms with Gasteiger partial charge in [-0.25, -0.2) is 0 Å². The van der Waals surface area contributed by atoms with Crippen LogP contribution in [0, 0.1) is 5.92 Å². The number of alkyl halides is 3. The van der Waals surface area contributed by atoms with Gasteiger partial charge in [-0.2, -0.15) is 0 Å². The Morgan fingerprint density at radius 3 is 2.43 bits per heavy atom. The molecule has 1 heterocycles. The molecule has 1 aromatic rings. The maximum absolute atomic E-state index is 12.3. The van der Waals surface area contributed by atoms with Crippen molar-refractivity contribution in [2.24, 2.45) is 5.92 Å². The van der Waals surface area contributed by atoms with Gasteiger partial charge in [0.25, 0.3) is 0 Å². The van der Waals surface area contributed by atoms with Crippen LogP contribution in [0.2, 0.25) is 5.02 Å². The molecule has 1 aliphatic heterocycles. The molecule has 0 unspecified atom stereocenters. The van der Waals surface area contributed by atoms with Crippen molar-refractivity contribution in [2.75, 3.05) is 26.2 Å². The van der Waals surface area contributed by atoms with Gasteiger partial charge in [-0.15, -0.1) is 13.2 Å². The van der Waals surface area contributed by atoms with Gasteiger partial charge in [0.05, 0.1) is 5.02 Å². The van der Waals surface area contributed by atoms with Crippen molar-refractivity contribution in [2.45, 2.75) is 32.7 Å². The van der Waals surface area contributed by atoms with E-state index in [1.165, 1.54) is 6.07 Å². The number of halogens is 4. The molecule has 0 aromatic heterocycles. The SMILES string of the molecule is CC(C)C[C@@H](c1ccc(OC(F)(F)F)c(Cl)c1)N1CCNCC1. The maximum atomic E-state index is 12.3. The van der Waals surface area contributed by atoms with E-state index in [4.69, 9.17) is 11.6 Å². The Morgan fingerprint density at radius 2 is 1.91 bits per heavy atom. The molecule has 0 amide bonds. The van der Waals surface area contributed by atoms with Crippen LogP contribution in [0.1, 0.15) is 31.9 Å². The van der Waals surface area contributed by atoms with Crippen molar-refractivity contribution in [1.29, 1.82) is 0 Å². The van der Waals surface area contributed by atoms with E-state index in [1.807, 2.05) is 0 Å². The number of rotatable bonds is 5. The summed E-state index contributed by atoms with van der Waals surface area (Å²) in [6, 6.07) is 4.73. The Bertz CT molecular complexity index is 517. The van der Waals surface area contributed by atoms with E-state index in [-0.39, 0.29) is 16.8 Å². The summed E-state index contributed by atoms with van der Waals surface area (Å²) in [6.07, 6.45) is -3.81. The van der Waals surface area contributed by atoms with E-state index in [1.54, 1.807) is 12.1 Å². The lowest BCUT2D eigenvalue weighted by Crippen LogP contribution is -2.45. The second-order valence-electron chi connectivity index (χ2n) is 6.17. The molecule has 0 saturated carbocycles. The Morgan fingerprint density at radius 1 is 1.26 bits per heavy atom. The molecule has 1 fully saturated rings. The Kier molecular flexibility index (Phi) is 6.17. The molecule has 0 radical (unpaired) electrons. The molecule has 1 N–H and O–H groups in total. The van der Waals surface area contributed by atoms with Gasteiger partial charge in [0, 0.05) is 32.2 Å². The zero-order chi connectivity index (χ0) is 17.0. The number of nitrogens with zero attached hydrogens (tertiary/aromatic N) is 1. The summed E-state index contributed by atoms with van der Waals surface area (Å²) < 4.78 is 41.0. The van der Waals surface area contributed by atoms with E-state index in [0.717, 1.165) is 38.2 Å². The minimum atomic E-state index is -4.74. The molecule has 0 bridgehead atoms. The van der Waals surface area contributed by atoms with E-state index in [2.05, 4.69) is 28.8 Å². The van der Waals surface area contributed by atoms with Crippen LogP contribution in [0.3, 0.4) is 0 Å². The summed E-state index contributed by atoms with van der Waals surface area (Å²) in [5, 5.41) is 3.30. The topological polar surface area (TPSA) is 24.5 Å². The number of hydrogen-bond acceptors (Lipinski definition) is 3. The molecule has 1 saturated heterocycles. The summed E-state index contributed by atoms with van der Waals surface area (Å²) in [7, 11) is 0. The van der Waals surface area contributed by atoms with Gasteiger partial charge in [0.1, 0.15) is 5.75 Å². The van der Waals surface area contributed by atoms with E-state index >= 15 is 0 Å². The van der Waals surface area contributed by atoms with Crippen LogP contribution in [-0.2, 0) is 0 Å². The number of ether oxygens (including phenoxy) is 1. The minimum Gasteiger partial charge on any atom is -0.404 e. The minimum absolute atomic E-state index is 0.0104. The Balaban J connectivity index is 2.22. The average molecular weight is 351 g/mol. The highest BCUT2D eigenvalue weighted by Gasteiger charge is 2.32. The van der Waals surface area contributed by atoms with Gasteiger partial charge in [-0.3, -0.25) is 4.90 Å². The van der Waals surface area contributed by atoms with E-state index < -0.39 is 6.36 Å². The van der Waals surface area contributed by atoms with Crippen molar-refractivity contribution >= 4 is 11.6 Å².